The Hall–Kier alpha value is -1.77. The maximum absolute atomic E-state index is 11.4. The molecule has 15 heavy (non-hydrogen) atoms. The van der Waals surface area contributed by atoms with Gasteiger partial charge in [-0.15, -0.1) is 0 Å². The van der Waals surface area contributed by atoms with Gasteiger partial charge in [0, 0.05) is 11.8 Å². The second-order valence-corrected chi connectivity index (χ2v) is 3.92. The van der Waals surface area contributed by atoms with Crippen molar-refractivity contribution in [3.8, 4) is 0 Å². The molecule has 0 bridgehead atoms. The minimum Gasteiger partial charge on any atom is -0.357 e. The third kappa shape index (κ3) is 1.86. The molecule has 0 unspecified atom stereocenters. The lowest BCUT2D eigenvalue weighted by Gasteiger charge is -2.11. The van der Waals surface area contributed by atoms with Crippen LogP contribution in [0.4, 0.5) is 11.4 Å². The minimum atomic E-state index is -0.0815. The zero-order valence-electron chi connectivity index (χ0n) is 9.14. The van der Waals surface area contributed by atoms with Crippen LogP contribution >= 0.6 is 0 Å². The van der Waals surface area contributed by atoms with Crippen LogP contribution in [0.25, 0.3) is 0 Å². The molecule has 78 valence electrons. The maximum Gasteiger partial charge on any atom is 0.250 e. The summed E-state index contributed by atoms with van der Waals surface area (Å²) in [6, 6.07) is 4.04. The van der Waals surface area contributed by atoms with Crippen molar-refractivity contribution in [1.82, 2.24) is 0 Å². The fourth-order valence-corrected chi connectivity index (χ4v) is 1.64. The summed E-state index contributed by atoms with van der Waals surface area (Å²) in [5.41, 5.74) is 5.05. The standard InChI is InChI=1S/C12H14N2O/c1-7-4-10-11(5-8(7)2)14-12(15)6-9(3)13-10/h4-6,13H,1-3H3,(H,14,15). The van der Waals surface area contributed by atoms with Crippen molar-refractivity contribution in [3.05, 3.63) is 35.0 Å². The van der Waals surface area contributed by atoms with E-state index in [2.05, 4.69) is 17.6 Å². The zero-order chi connectivity index (χ0) is 11.0. The number of amides is 1. The first-order valence-electron chi connectivity index (χ1n) is 4.94. The second-order valence-electron chi connectivity index (χ2n) is 3.92. The van der Waals surface area contributed by atoms with E-state index in [0.29, 0.717) is 0 Å². The predicted molar refractivity (Wildman–Crippen MR) is 61.9 cm³/mol. The third-order valence-corrected chi connectivity index (χ3v) is 2.57. The lowest BCUT2D eigenvalue weighted by atomic mass is 10.1. The first-order chi connectivity index (χ1) is 7.06. The Morgan fingerprint density at radius 3 is 2.07 bits per heavy atom. The molecule has 1 aromatic carbocycles. The van der Waals surface area contributed by atoms with E-state index < -0.39 is 0 Å². The highest BCUT2D eigenvalue weighted by molar-refractivity contribution is 6.04. The molecule has 0 spiro atoms. The monoisotopic (exact) mass is 202 g/mol. The Bertz CT molecular complexity index is 461. The van der Waals surface area contributed by atoms with E-state index in [1.54, 1.807) is 6.08 Å². The van der Waals surface area contributed by atoms with E-state index >= 15 is 0 Å². The van der Waals surface area contributed by atoms with E-state index in [-0.39, 0.29) is 5.91 Å². The van der Waals surface area contributed by atoms with Gasteiger partial charge < -0.3 is 10.6 Å². The highest BCUT2D eigenvalue weighted by atomic mass is 16.1. The average molecular weight is 202 g/mol. The van der Waals surface area contributed by atoms with Crippen LogP contribution < -0.4 is 10.6 Å². The lowest BCUT2D eigenvalue weighted by Crippen LogP contribution is -2.07. The Morgan fingerprint density at radius 2 is 1.47 bits per heavy atom. The smallest absolute Gasteiger partial charge is 0.250 e. The van der Waals surface area contributed by atoms with Crippen molar-refractivity contribution in [2.75, 3.05) is 10.6 Å². The van der Waals surface area contributed by atoms with Crippen molar-refractivity contribution in [2.45, 2.75) is 20.8 Å². The van der Waals surface area contributed by atoms with Gasteiger partial charge in [0.2, 0.25) is 5.91 Å². The molecule has 1 amide bonds. The van der Waals surface area contributed by atoms with Gasteiger partial charge in [-0.2, -0.15) is 0 Å². The minimum absolute atomic E-state index is 0.0815. The van der Waals surface area contributed by atoms with Crippen LogP contribution in [0.5, 0.6) is 0 Å². The summed E-state index contributed by atoms with van der Waals surface area (Å²) in [5, 5.41) is 6.04. The molecule has 0 saturated heterocycles. The van der Waals surface area contributed by atoms with Gasteiger partial charge in [-0.05, 0) is 44.0 Å². The molecule has 3 heteroatoms. The maximum atomic E-state index is 11.4. The van der Waals surface area contributed by atoms with E-state index in [9.17, 15) is 4.79 Å². The van der Waals surface area contributed by atoms with Gasteiger partial charge in [-0.25, -0.2) is 0 Å². The van der Waals surface area contributed by atoms with Gasteiger partial charge in [-0.3, -0.25) is 4.79 Å². The normalized spacial score (nSPS) is 14.6. The van der Waals surface area contributed by atoms with Crippen LogP contribution in [-0.4, -0.2) is 5.91 Å². The predicted octanol–water partition coefficient (Wildman–Crippen LogP) is 2.57. The molecule has 3 nitrogen and oxygen atoms in total. The number of hydrogen-bond donors (Lipinski definition) is 2. The van der Waals surface area contributed by atoms with Crippen molar-refractivity contribution >= 4 is 17.3 Å². The number of allylic oxidation sites excluding steroid dienone is 1. The van der Waals surface area contributed by atoms with Gasteiger partial charge in [0.05, 0.1) is 11.4 Å². The number of anilines is 2. The molecule has 0 aliphatic carbocycles. The molecule has 2 rings (SSSR count). The summed E-state index contributed by atoms with van der Waals surface area (Å²) in [7, 11) is 0. The number of benzene rings is 1. The van der Waals surface area contributed by atoms with Crippen LogP contribution in [0.3, 0.4) is 0 Å². The molecule has 0 radical (unpaired) electrons. The van der Waals surface area contributed by atoms with Crippen LogP contribution in [0.1, 0.15) is 18.1 Å². The van der Waals surface area contributed by atoms with Crippen LogP contribution in [0, 0.1) is 13.8 Å². The molecule has 0 atom stereocenters. The number of fused-ring (bicyclic) bond motifs is 1. The molecule has 1 heterocycles. The van der Waals surface area contributed by atoms with E-state index in [4.69, 9.17) is 0 Å². The number of nitrogens with one attached hydrogen (secondary N) is 2. The Kier molecular flexibility index (Phi) is 2.23. The molecular formula is C12H14N2O. The molecule has 0 saturated carbocycles. The molecule has 1 aliphatic rings. The Morgan fingerprint density at radius 1 is 0.933 bits per heavy atom. The summed E-state index contributed by atoms with van der Waals surface area (Å²) in [5.74, 6) is -0.0815. The second kappa shape index (κ2) is 3.42. The number of aryl methyl sites for hydroxylation is 2. The van der Waals surface area contributed by atoms with Crippen molar-refractivity contribution < 1.29 is 4.79 Å². The Balaban J connectivity index is 2.53. The molecule has 1 aromatic rings. The summed E-state index contributed by atoms with van der Waals surface area (Å²) < 4.78 is 0. The summed E-state index contributed by atoms with van der Waals surface area (Å²) in [6.07, 6.45) is 1.56. The highest BCUT2D eigenvalue weighted by Crippen LogP contribution is 2.28. The summed E-state index contributed by atoms with van der Waals surface area (Å²) in [4.78, 5) is 11.4. The highest BCUT2D eigenvalue weighted by Gasteiger charge is 2.11. The number of hydrogen-bond acceptors (Lipinski definition) is 2. The number of rotatable bonds is 0. The quantitative estimate of drug-likeness (QED) is 0.679. The summed E-state index contributed by atoms with van der Waals surface area (Å²) >= 11 is 0. The molecule has 0 fully saturated rings. The third-order valence-electron chi connectivity index (χ3n) is 2.57. The van der Waals surface area contributed by atoms with Crippen molar-refractivity contribution in [2.24, 2.45) is 0 Å². The molecular weight excluding hydrogens is 188 g/mol. The fraction of sp³-hybridized carbons (Fsp3) is 0.250. The number of carbonyl (C=O) groups excluding carboxylic acids is 1. The van der Waals surface area contributed by atoms with Gasteiger partial charge in [-0.1, -0.05) is 0 Å². The fourth-order valence-electron chi connectivity index (χ4n) is 1.64. The Labute approximate surface area is 89.2 Å². The summed E-state index contributed by atoms with van der Waals surface area (Å²) in [6.45, 7) is 5.97. The largest absolute Gasteiger partial charge is 0.357 e. The topological polar surface area (TPSA) is 41.1 Å². The van der Waals surface area contributed by atoms with Gasteiger partial charge >= 0.3 is 0 Å². The lowest BCUT2D eigenvalue weighted by molar-refractivity contribution is -0.111. The van der Waals surface area contributed by atoms with E-state index in [1.165, 1.54) is 11.1 Å². The first-order valence-corrected chi connectivity index (χ1v) is 4.94. The average Bonchev–Trinajstić information content (AvgIpc) is 2.24. The zero-order valence-corrected chi connectivity index (χ0v) is 9.14. The van der Waals surface area contributed by atoms with E-state index in [1.807, 2.05) is 26.0 Å². The van der Waals surface area contributed by atoms with Crippen LogP contribution in [0.15, 0.2) is 23.9 Å². The molecule has 1 aliphatic heterocycles. The van der Waals surface area contributed by atoms with Crippen LogP contribution in [-0.2, 0) is 4.79 Å². The van der Waals surface area contributed by atoms with Crippen molar-refractivity contribution in [3.63, 3.8) is 0 Å². The van der Waals surface area contributed by atoms with Crippen LogP contribution in [0.2, 0.25) is 0 Å². The molecule has 2 N–H and O–H groups in total. The number of carbonyl (C=O) groups is 1. The van der Waals surface area contributed by atoms with Crippen molar-refractivity contribution in [1.29, 1.82) is 0 Å². The van der Waals surface area contributed by atoms with Gasteiger partial charge in [0.15, 0.2) is 0 Å². The molecule has 0 aromatic heterocycles. The van der Waals surface area contributed by atoms with Gasteiger partial charge in [0.1, 0.15) is 0 Å². The first kappa shape index (κ1) is 9.77. The van der Waals surface area contributed by atoms with Gasteiger partial charge in [0.25, 0.3) is 0 Å². The van der Waals surface area contributed by atoms with E-state index in [0.717, 1.165) is 17.1 Å². The SMILES string of the molecule is CC1=CC(=O)Nc2cc(C)c(C)cc2N1.